The lowest BCUT2D eigenvalue weighted by molar-refractivity contribution is 0.0932. The third-order valence-corrected chi connectivity index (χ3v) is 3.80. The van der Waals surface area contributed by atoms with Crippen molar-refractivity contribution in [2.45, 2.75) is 13.5 Å². The highest BCUT2D eigenvalue weighted by Gasteiger charge is 2.15. The van der Waals surface area contributed by atoms with Gasteiger partial charge < -0.3 is 20.5 Å². The van der Waals surface area contributed by atoms with Crippen molar-refractivity contribution >= 4 is 11.6 Å². The molecule has 0 bridgehead atoms. The number of hydrogen-bond acceptors (Lipinski definition) is 4. The highest BCUT2D eigenvalue weighted by molar-refractivity contribution is 5.93. The number of aromatic nitrogens is 1. The smallest absolute Gasteiger partial charge is 0.268 e. The predicted molar refractivity (Wildman–Crippen MR) is 80.8 cm³/mol. The van der Waals surface area contributed by atoms with E-state index in [0.717, 1.165) is 39.3 Å². The predicted octanol–water partition coefficient (Wildman–Crippen LogP) is 0.0674. The van der Waals surface area contributed by atoms with Crippen LogP contribution in [0.5, 0.6) is 0 Å². The summed E-state index contributed by atoms with van der Waals surface area (Å²) in [6.07, 6.45) is 1.80. The molecular weight excluding hydrogens is 254 g/mol. The quantitative estimate of drug-likeness (QED) is 0.800. The Labute approximate surface area is 120 Å². The molecule has 1 aliphatic rings. The number of carbonyl (C=O) groups excluding carboxylic acids is 1. The molecule has 1 saturated heterocycles. The van der Waals surface area contributed by atoms with E-state index in [0.29, 0.717) is 17.9 Å². The van der Waals surface area contributed by atoms with E-state index in [9.17, 15) is 4.79 Å². The van der Waals surface area contributed by atoms with Gasteiger partial charge in [-0.15, -0.1) is 0 Å². The van der Waals surface area contributed by atoms with Crippen molar-refractivity contribution in [1.29, 1.82) is 0 Å². The fourth-order valence-electron chi connectivity index (χ4n) is 2.47. The molecule has 2 rings (SSSR count). The van der Waals surface area contributed by atoms with Crippen LogP contribution >= 0.6 is 0 Å². The molecule has 1 aromatic rings. The van der Waals surface area contributed by atoms with Crippen LogP contribution in [0, 0.1) is 0 Å². The molecule has 20 heavy (non-hydrogen) atoms. The summed E-state index contributed by atoms with van der Waals surface area (Å²) in [7, 11) is 2.14. The molecule has 0 aliphatic carbocycles. The maximum absolute atomic E-state index is 12.1. The first-order chi connectivity index (χ1) is 9.60. The maximum Gasteiger partial charge on any atom is 0.268 e. The fourth-order valence-corrected chi connectivity index (χ4v) is 2.47. The molecule has 1 fully saturated rings. The minimum absolute atomic E-state index is 0.0438. The summed E-state index contributed by atoms with van der Waals surface area (Å²) in [6, 6.07) is 1.73. The van der Waals surface area contributed by atoms with Crippen LogP contribution in [0.3, 0.4) is 0 Å². The van der Waals surface area contributed by atoms with Crippen LogP contribution in [0.15, 0.2) is 12.3 Å². The molecule has 1 amide bonds. The molecule has 0 atom stereocenters. The van der Waals surface area contributed by atoms with Crippen LogP contribution in [0.25, 0.3) is 0 Å². The molecule has 1 aliphatic heterocycles. The van der Waals surface area contributed by atoms with Gasteiger partial charge in [-0.25, -0.2) is 0 Å². The van der Waals surface area contributed by atoms with E-state index in [1.165, 1.54) is 0 Å². The SMILES string of the molecule is CCn1cc(N)cc1C(=O)NCCN1CCN(C)CC1. The van der Waals surface area contributed by atoms with Gasteiger partial charge in [0.05, 0.1) is 5.69 Å². The Hall–Kier alpha value is -1.53. The second-order valence-electron chi connectivity index (χ2n) is 5.35. The van der Waals surface area contributed by atoms with E-state index in [2.05, 4.69) is 22.2 Å². The number of carbonyl (C=O) groups is 1. The normalized spacial score (nSPS) is 17.3. The van der Waals surface area contributed by atoms with Crippen LogP contribution in [-0.2, 0) is 6.54 Å². The molecular formula is C14H25N5O. The molecule has 2 heterocycles. The lowest BCUT2D eigenvalue weighted by atomic mass is 10.3. The molecule has 1 aromatic heterocycles. The van der Waals surface area contributed by atoms with Crippen LogP contribution in [0.1, 0.15) is 17.4 Å². The lowest BCUT2D eigenvalue weighted by Gasteiger charge is -2.32. The average molecular weight is 279 g/mol. The second kappa shape index (κ2) is 6.76. The summed E-state index contributed by atoms with van der Waals surface area (Å²) < 4.78 is 1.88. The monoisotopic (exact) mass is 279 g/mol. The minimum atomic E-state index is -0.0438. The third kappa shape index (κ3) is 3.74. The average Bonchev–Trinajstić information content (AvgIpc) is 2.82. The zero-order valence-corrected chi connectivity index (χ0v) is 12.4. The van der Waals surface area contributed by atoms with E-state index in [-0.39, 0.29) is 5.91 Å². The van der Waals surface area contributed by atoms with Crippen LogP contribution in [0.2, 0.25) is 0 Å². The topological polar surface area (TPSA) is 66.5 Å². The van der Waals surface area contributed by atoms with Crippen molar-refractivity contribution in [3.63, 3.8) is 0 Å². The van der Waals surface area contributed by atoms with E-state index in [4.69, 9.17) is 5.73 Å². The van der Waals surface area contributed by atoms with Gasteiger partial charge in [0.2, 0.25) is 0 Å². The van der Waals surface area contributed by atoms with Crippen molar-refractivity contribution < 1.29 is 4.79 Å². The number of piperazine rings is 1. The van der Waals surface area contributed by atoms with Crippen LogP contribution in [0.4, 0.5) is 5.69 Å². The fraction of sp³-hybridized carbons (Fsp3) is 0.643. The van der Waals surface area contributed by atoms with Gasteiger partial charge in [-0.3, -0.25) is 9.69 Å². The zero-order chi connectivity index (χ0) is 14.5. The van der Waals surface area contributed by atoms with Gasteiger partial charge in [0, 0.05) is 52.0 Å². The number of hydrogen-bond donors (Lipinski definition) is 2. The van der Waals surface area contributed by atoms with Crippen molar-refractivity contribution in [3.05, 3.63) is 18.0 Å². The second-order valence-corrected chi connectivity index (χ2v) is 5.35. The first kappa shape index (κ1) is 14.9. The molecule has 6 heteroatoms. The Kier molecular flexibility index (Phi) is 5.03. The van der Waals surface area contributed by atoms with Gasteiger partial charge in [0.25, 0.3) is 5.91 Å². The highest BCUT2D eigenvalue weighted by atomic mass is 16.1. The molecule has 6 nitrogen and oxygen atoms in total. The largest absolute Gasteiger partial charge is 0.397 e. The number of aryl methyl sites for hydroxylation is 1. The molecule has 0 radical (unpaired) electrons. The van der Waals surface area contributed by atoms with E-state index in [1.54, 1.807) is 12.3 Å². The van der Waals surface area contributed by atoms with Gasteiger partial charge in [0.1, 0.15) is 5.69 Å². The first-order valence-electron chi connectivity index (χ1n) is 7.25. The first-order valence-corrected chi connectivity index (χ1v) is 7.25. The molecule has 0 unspecified atom stereocenters. The summed E-state index contributed by atoms with van der Waals surface area (Å²) in [5, 5.41) is 2.97. The molecule has 112 valence electrons. The van der Waals surface area contributed by atoms with Crippen molar-refractivity contribution in [1.82, 2.24) is 19.7 Å². The van der Waals surface area contributed by atoms with E-state index in [1.807, 2.05) is 11.5 Å². The van der Waals surface area contributed by atoms with Crippen LogP contribution < -0.4 is 11.1 Å². The van der Waals surface area contributed by atoms with E-state index < -0.39 is 0 Å². The van der Waals surface area contributed by atoms with Crippen molar-refractivity contribution in [3.8, 4) is 0 Å². The number of nitrogens with one attached hydrogen (secondary N) is 1. The molecule has 0 spiro atoms. The summed E-state index contributed by atoms with van der Waals surface area (Å²) in [6.45, 7) is 8.68. The van der Waals surface area contributed by atoms with Gasteiger partial charge in [-0.2, -0.15) is 0 Å². The van der Waals surface area contributed by atoms with Gasteiger partial charge >= 0.3 is 0 Å². The highest BCUT2D eigenvalue weighted by Crippen LogP contribution is 2.10. The molecule has 0 aromatic carbocycles. The Bertz CT molecular complexity index is 448. The third-order valence-electron chi connectivity index (χ3n) is 3.80. The van der Waals surface area contributed by atoms with Crippen LogP contribution in [-0.4, -0.2) is 66.6 Å². The van der Waals surface area contributed by atoms with E-state index >= 15 is 0 Å². The Morgan fingerprint density at radius 2 is 2.05 bits per heavy atom. The summed E-state index contributed by atoms with van der Waals surface area (Å²) in [5.41, 5.74) is 7.01. The molecule has 3 N–H and O–H groups in total. The zero-order valence-electron chi connectivity index (χ0n) is 12.4. The number of amides is 1. The number of nitrogens with two attached hydrogens (primary N) is 1. The Balaban J connectivity index is 1.77. The number of anilines is 1. The Morgan fingerprint density at radius 3 is 2.70 bits per heavy atom. The van der Waals surface area contributed by atoms with Crippen molar-refractivity contribution in [2.24, 2.45) is 0 Å². The van der Waals surface area contributed by atoms with Gasteiger partial charge in [-0.1, -0.05) is 0 Å². The maximum atomic E-state index is 12.1. The summed E-state index contributed by atoms with van der Waals surface area (Å²) in [5.74, 6) is -0.0438. The summed E-state index contributed by atoms with van der Waals surface area (Å²) in [4.78, 5) is 16.8. The number of nitrogen functional groups attached to an aromatic ring is 1. The number of likely N-dealkylation sites (N-methyl/N-ethyl adjacent to an activating group) is 1. The van der Waals surface area contributed by atoms with Gasteiger partial charge in [-0.05, 0) is 20.0 Å². The Morgan fingerprint density at radius 1 is 1.35 bits per heavy atom. The van der Waals surface area contributed by atoms with Crippen molar-refractivity contribution in [2.75, 3.05) is 52.0 Å². The number of nitrogens with zero attached hydrogens (tertiary/aromatic N) is 3. The minimum Gasteiger partial charge on any atom is -0.397 e. The van der Waals surface area contributed by atoms with Gasteiger partial charge in [0.15, 0.2) is 0 Å². The standard InChI is InChI=1S/C14H25N5O/c1-3-19-11-12(15)10-13(19)14(20)16-4-5-18-8-6-17(2)7-9-18/h10-11H,3-9,15H2,1-2H3,(H,16,20). The lowest BCUT2D eigenvalue weighted by Crippen LogP contribution is -2.47. The molecule has 0 saturated carbocycles. The summed E-state index contributed by atoms with van der Waals surface area (Å²) >= 11 is 0. The number of rotatable bonds is 5.